The molecule has 1 aromatic rings. The third-order valence-electron chi connectivity index (χ3n) is 4.56. The molecule has 1 aliphatic rings. The first-order chi connectivity index (χ1) is 12.7. The van der Waals surface area contributed by atoms with Crippen LogP contribution in [0.25, 0.3) is 0 Å². The fraction of sp³-hybridized carbons (Fsp3) is 0.600. The Morgan fingerprint density at radius 1 is 1.15 bits per heavy atom. The van der Waals surface area contributed by atoms with Crippen LogP contribution in [0.3, 0.4) is 0 Å². The van der Waals surface area contributed by atoms with Crippen molar-refractivity contribution in [2.75, 3.05) is 46.4 Å². The number of aliphatic imine (C=N–C) groups is 1. The minimum absolute atomic E-state index is 0.301. The van der Waals surface area contributed by atoms with Gasteiger partial charge in [-0.3, -0.25) is 4.99 Å². The molecule has 0 spiro atoms. The van der Waals surface area contributed by atoms with Crippen molar-refractivity contribution in [3.05, 3.63) is 35.4 Å². The van der Waals surface area contributed by atoms with E-state index in [1.165, 1.54) is 45.0 Å². The first-order valence-electron chi connectivity index (χ1n) is 9.64. The number of carbonyl (C=O) groups excluding carboxylic acids is 1. The normalized spacial score (nSPS) is 15.5. The predicted octanol–water partition coefficient (Wildman–Crippen LogP) is 2.06. The second kappa shape index (κ2) is 11.5. The Morgan fingerprint density at radius 3 is 2.54 bits per heavy atom. The fourth-order valence-corrected chi connectivity index (χ4v) is 3.08. The summed E-state index contributed by atoms with van der Waals surface area (Å²) in [5.41, 5.74) is 1.76. The Kier molecular flexibility index (Phi) is 8.96. The lowest BCUT2D eigenvalue weighted by molar-refractivity contribution is 0.0600. The third-order valence-corrected chi connectivity index (χ3v) is 4.56. The Labute approximate surface area is 157 Å². The number of likely N-dealkylation sites (tertiary alicyclic amines) is 1. The summed E-state index contributed by atoms with van der Waals surface area (Å²) in [5.74, 6) is 0.570. The number of nitrogens with zero attached hydrogens (tertiary/aromatic N) is 2. The van der Waals surface area contributed by atoms with Crippen LogP contribution in [0.4, 0.5) is 0 Å². The molecule has 1 saturated heterocycles. The quantitative estimate of drug-likeness (QED) is 0.422. The lowest BCUT2D eigenvalue weighted by atomic mass is 10.1. The van der Waals surface area contributed by atoms with Gasteiger partial charge in [0.05, 0.1) is 19.2 Å². The lowest BCUT2D eigenvalue weighted by Gasteiger charge is -2.25. The zero-order valence-corrected chi connectivity index (χ0v) is 16.1. The van der Waals surface area contributed by atoms with Crippen molar-refractivity contribution in [2.45, 2.75) is 32.6 Å². The fourth-order valence-electron chi connectivity index (χ4n) is 3.08. The number of benzene rings is 1. The SMILES string of the molecule is CCNC(=NCCN1CCCCC1)NCCc1ccc(C(=O)OC)cc1. The van der Waals surface area contributed by atoms with Crippen LogP contribution in [0, 0.1) is 0 Å². The maximum absolute atomic E-state index is 11.5. The van der Waals surface area contributed by atoms with Crippen LogP contribution >= 0.6 is 0 Å². The lowest BCUT2D eigenvalue weighted by Crippen LogP contribution is -2.39. The highest BCUT2D eigenvalue weighted by molar-refractivity contribution is 5.89. The minimum atomic E-state index is -0.301. The molecule has 2 N–H and O–H groups in total. The van der Waals surface area contributed by atoms with Crippen molar-refractivity contribution in [1.82, 2.24) is 15.5 Å². The van der Waals surface area contributed by atoms with Crippen molar-refractivity contribution >= 4 is 11.9 Å². The average Bonchev–Trinajstić information content (AvgIpc) is 2.69. The van der Waals surface area contributed by atoms with Gasteiger partial charge in [-0.1, -0.05) is 18.6 Å². The number of rotatable bonds is 8. The number of methoxy groups -OCH3 is 1. The summed E-state index contributed by atoms with van der Waals surface area (Å²) in [6.45, 7) is 8.00. The highest BCUT2D eigenvalue weighted by atomic mass is 16.5. The number of ether oxygens (including phenoxy) is 1. The van der Waals surface area contributed by atoms with Crippen molar-refractivity contribution in [2.24, 2.45) is 4.99 Å². The largest absolute Gasteiger partial charge is 0.465 e. The first kappa shape index (κ1) is 20.2. The summed E-state index contributed by atoms with van der Waals surface area (Å²) >= 11 is 0. The molecule has 0 aromatic heterocycles. The molecule has 1 aliphatic heterocycles. The van der Waals surface area contributed by atoms with E-state index >= 15 is 0 Å². The van der Waals surface area contributed by atoms with Crippen LogP contribution < -0.4 is 10.6 Å². The number of hydrogen-bond donors (Lipinski definition) is 2. The number of esters is 1. The molecule has 6 nitrogen and oxygen atoms in total. The molecule has 1 heterocycles. The number of hydrogen-bond acceptors (Lipinski definition) is 4. The molecule has 0 atom stereocenters. The molecular weight excluding hydrogens is 328 g/mol. The van der Waals surface area contributed by atoms with Gasteiger partial charge in [0.25, 0.3) is 0 Å². The third kappa shape index (κ3) is 7.04. The van der Waals surface area contributed by atoms with E-state index in [9.17, 15) is 4.79 Å². The topological polar surface area (TPSA) is 66.0 Å². The van der Waals surface area contributed by atoms with E-state index in [0.717, 1.165) is 38.6 Å². The number of guanidine groups is 1. The van der Waals surface area contributed by atoms with Gasteiger partial charge in [0, 0.05) is 19.6 Å². The van der Waals surface area contributed by atoms with Crippen molar-refractivity contribution < 1.29 is 9.53 Å². The summed E-state index contributed by atoms with van der Waals surface area (Å²) < 4.78 is 4.72. The van der Waals surface area contributed by atoms with Gasteiger partial charge in [-0.15, -0.1) is 0 Å². The average molecular weight is 361 g/mol. The highest BCUT2D eigenvalue weighted by Crippen LogP contribution is 2.08. The van der Waals surface area contributed by atoms with Crippen molar-refractivity contribution in [3.63, 3.8) is 0 Å². The van der Waals surface area contributed by atoms with E-state index in [4.69, 9.17) is 4.74 Å². The van der Waals surface area contributed by atoms with Crippen LogP contribution in [-0.2, 0) is 11.2 Å². The Balaban J connectivity index is 1.74. The zero-order valence-electron chi connectivity index (χ0n) is 16.1. The maximum atomic E-state index is 11.5. The van der Waals surface area contributed by atoms with Gasteiger partial charge in [-0.05, 0) is 57.0 Å². The number of carbonyl (C=O) groups is 1. The monoisotopic (exact) mass is 360 g/mol. The smallest absolute Gasteiger partial charge is 0.337 e. The molecule has 6 heteroatoms. The van der Waals surface area contributed by atoms with Crippen molar-refractivity contribution in [1.29, 1.82) is 0 Å². The van der Waals surface area contributed by atoms with Crippen LogP contribution in [-0.4, -0.2) is 63.2 Å². The van der Waals surface area contributed by atoms with Gasteiger partial charge >= 0.3 is 5.97 Å². The van der Waals surface area contributed by atoms with E-state index in [-0.39, 0.29) is 5.97 Å². The van der Waals surface area contributed by atoms with Gasteiger partial charge in [-0.2, -0.15) is 0 Å². The Morgan fingerprint density at radius 2 is 1.88 bits per heavy atom. The summed E-state index contributed by atoms with van der Waals surface area (Å²) in [7, 11) is 1.40. The van der Waals surface area contributed by atoms with Crippen LogP contribution in [0.1, 0.15) is 42.1 Å². The summed E-state index contributed by atoms with van der Waals surface area (Å²) in [4.78, 5) is 18.6. The molecular formula is C20H32N4O2. The summed E-state index contributed by atoms with van der Waals surface area (Å²) in [6.07, 6.45) is 4.87. The zero-order chi connectivity index (χ0) is 18.6. The minimum Gasteiger partial charge on any atom is -0.465 e. The van der Waals surface area contributed by atoms with Crippen LogP contribution in [0.5, 0.6) is 0 Å². The summed E-state index contributed by atoms with van der Waals surface area (Å²) in [5, 5.41) is 6.68. The van der Waals surface area contributed by atoms with Crippen LogP contribution in [0.2, 0.25) is 0 Å². The standard InChI is InChI=1S/C20H32N4O2/c1-3-21-20(23-13-16-24-14-5-4-6-15-24)22-12-11-17-7-9-18(10-8-17)19(25)26-2/h7-10H,3-6,11-16H2,1-2H3,(H2,21,22,23). The van der Waals surface area contributed by atoms with Gasteiger partial charge in [0.15, 0.2) is 5.96 Å². The van der Waals surface area contributed by atoms with Gasteiger partial charge in [0.1, 0.15) is 0 Å². The van der Waals surface area contributed by atoms with Gasteiger partial charge in [-0.25, -0.2) is 4.79 Å². The second-order valence-corrected chi connectivity index (χ2v) is 6.53. The molecule has 2 rings (SSSR count). The summed E-state index contributed by atoms with van der Waals surface area (Å²) in [6, 6.07) is 7.54. The predicted molar refractivity (Wildman–Crippen MR) is 106 cm³/mol. The maximum Gasteiger partial charge on any atom is 0.337 e. The van der Waals surface area contributed by atoms with Gasteiger partial charge in [0.2, 0.25) is 0 Å². The molecule has 0 bridgehead atoms. The van der Waals surface area contributed by atoms with E-state index in [1.807, 2.05) is 12.1 Å². The van der Waals surface area contributed by atoms with Crippen LogP contribution in [0.15, 0.2) is 29.3 Å². The molecule has 1 aromatic carbocycles. The molecule has 26 heavy (non-hydrogen) atoms. The van der Waals surface area contributed by atoms with Gasteiger partial charge < -0.3 is 20.3 Å². The number of nitrogens with one attached hydrogen (secondary N) is 2. The van der Waals surface area contributed by atoms with E-state index in [0.29, 0.717) is 5.56 Å². The Bertz CT molecular complexity index is 566. The molecule has 0 aliphatic carbocycles. The number of piperidine rings is 1. The van der Waals surface area contributed by atoms with E-state index in [2.05, 4.69) is 27.4 Å². The molecule has 0 amide bonds. The van der Waals surface area contributed by atoms with E-state index < -0.39 is 0 Å². The first-order valence-corrected chi connectivity index (χ1v) is 9.64. The van der Waals surface area contributed by atoms with Crippen molar-refractivity contribution in [3.8, 4) is 0 Å². The Hall–Kier alpha value is -2.08. The molecule has 144 valence electrons. The highest BCUT2D eigenvalue weighted by Gasteiger charge is 2.09. The molecule has 0 radical (unpaired) electrons. The molecule has 0 unspecified atom stereocenters. The molecule has 1 fully saturated rings. The molecule has 0 saturated carbocycles. The van der Waals surface area contributed by atoms with E-state index in [1.54, 1.807) is 12.1 Å². The second-order valence-electron chi connectivity index (χ2n) is 6.53.